The van der Waals surface area contributed by atoms with E-state index in [2.05, 4.69) is 22.7 Å². The van der Waals surface area contributed by atoms with E-state index >= 15 is 0 Å². The fourth-order valence-electron chi connectivity index (χ4n) is 3.61. The van der Waals surface area contributed by atoms with Crippen molar-refractivity contribution in [2.75, 3.05) is 25.1 Å². The molecule has 3 heterocycles. The van der Waals surface area contributed by atoms with E-state index in [0.29, 0.717) is 17.8 Å². The molecule has 0 bridgehead atoms. The van der Waals surface area contributed by atoms with Crippen LogP contribution in [0.5, 0.6) is 0 Å². The van der Waals surface area contributed by atoms with Crippen LogP contribution in [0.15, 0.2) is 16.7 Å². The van der Waals surface area contributed by atoms with Crippen molar-refractivity contribution in [3.8, 4) is 0 Å². The number of hydrogen-bond acceptors (Lipinski definition) is 6. The van der Waals surface area contributed by atoms with Crippen LogP contribution in [0.25, 0.3) is 0 Å². The number of anilines is 1. The Balaban J connectivity index is 1.33. The molecular weight excluding hydrogens is 350 g/mol. The number of aryl methyl sites for hydroxylation is 2. The van der Waals surface area contributed by atoms with E-state index in [0.717, 1.165) is 55.5 Å². The topological polar surface area (TPSA) is 76.4 Å². The molecule has 2 N–H and O–H groups in total. The van der Waals surface area contributed by atoms with Crippen molar-refractivity contribution < 1.29 is 14.1 Å². The zero-order valence-electron chi connectivity index (χ0n) is 15.2. The first-order valence-electron chi connectivity index (χ1n) is 9.26. The molecule has 26 heavy (non-hydrogen) atoms. The van der Waals surface area contributed by atoms with Crippen LogP contribution in [0, 0.1) is 19.8 Å². The number of aromatic nitrogens is 1. The van der Waals surface area contributed by atoms with Gasteiger partial charge in [0.25, 0.3) is 5.91 Å². The highest BCUT2D eigenvalue weighted by Gasteiger charge is 2.40. The van der Waals surface area contributed by atoms with Crippen molar-refractivity contribution >= 4 is 23.1 Å². The summed E-state index contributed by atoms with van der Waals surface area (Å²) in [6.45, 7) is 6.79. The minimum Gasteiger partial charge on any atom is -0.381 e. The molecule has 2 aromatic rings. The lowest BCUT2D eigenvalue weighted by atomic mass is 10.0. The molecule has 2 aliphatic rings. The lowest BCUT2D eigenvalue weighted by Gasteiger charge is -2.22. The van der Waals surface area contributed by atoms with Crippen molar-refractivity contribution in [1.29, 1.82) is 0 Å². The molecule has 0 spiro atoms. The van der Waals surface area contributed by atoms with Gasteiger partial charge in [-0.2, -0.15) is 0 Å². The van der Waals surface area contributed by atoms with E-state index in [-0.39, 0.29) is 5.91 Å². The summed E-state index contributed by atoms with van der Waals surface area (Å²) >= 11 is 1.55. The Morgan fingerprint density at radius 3 is 2.85 bits per heavy atom. The number of rotatable bonds is 6. The number of nitrogens with zero attached hydrogens (tertiary/aromatic N) is 1. The first kappa shape index (κ1) is 17.7. The number of carbonyl (C=O) groups is 1. The second-order valence-electron chi connectivity index (χ2n) is 7.32. The third-order valence-corrected chi connectivity index (χ3v) is 6.31. The first-order chi connectivity index (χ1) is 12.6. The second kappa shape index (κ2) is 7.50. The molecule has 0 aromatic carbocycles. The van der Waals surface area contributed by atoms with E-state index in [9.17, 15) is 4.79 Å². The van der Waals surface area contributed by atoms with E-state index in [1.54, 1.807) is 17.4 Å². The van der Waals surface area contributed by atoms with Gasteiger partial charge in [-0.1, -0.05) is 5.16 Å². The summed E-state index contributed by atoms with van der Waals surface area (Å²) in [5, 5.41) is 10.3. The molecular formula is C19H25N3O3S. The molecule has 1 amide bonds. The van der Waals surface area contributed by atoms with E-state index in [1.165, 1.54) is 10.4 Å². The quantitative estimate of drug-likeness (QED) is 0.808. The van der Waals surface area contributed by atoms with Crippen LogP contribution in [0.4, 0.5) is 5.88 Å². The maximum absolute atomic E-state index is 12.4. The molecule has 1 saturated heterocycles. The van der Waals surface area contributed by atoms with Crippen molar-refractivity contribution in [3.63, 3.8) is 0 Å². The SMILES string of the molecule is Cc1cc(NC(=O)c2cc(C3CC3NCC3CCOCC3)c(C)s2)on1. The summed E-state index contributed by atoms with van der Waals surface area (Å²) in [6.07, 6.45) is 3.48. The Hall–Kier alpha value is -1.70. The van der Waals surface area contributed by atoms with Gasteiger partial charge in [-0.15, -0.1) is 11.3 Å². The molecule has 0 radical (unpaired) electrons. The van der Waals surface area contributed by atoms with Gasteiger partial charge in [0.05, 0.1) is 10.6 Å². The number of hydrogen-bond donors (Lipinski definition) is 2. The lowest BCUT2D eigenvalue weighted by Crippen LogP contribution is -2.29. The molecule has 1 aliphatic heterocycles. The summed E-state index contributed by atoms with van der Waals surface area (Å²) in [6, 6.07) is 4.30. The van der Waals surface area contributed by atoms with Gasteiger partial charge in [0.1, 0.15) is 0 Å². The van der Waals surface area contributed by atoms with Gasteiger partial charge >= 0.3 is 0 Å². The van der Waals surface area contributed by atoms with Crippen LogP contribution in [0.1, 0.15) is 51.0 Å². The normalized spacial score (nSPS) is 23.2. The van der Waals surface area contributed by atoms with Crippen LogP contribution in [0.3, 0.4) is 0 Å². The molecule has 140 valence electrons. The minimum absolute atomic E-state index is 0.132. The Bertz CT molecular complexity index is 779. The van der Waals surface area contributed by atoms with Gasteiger partial charge < -0.3 is 14.6 Å². The molecule has 4 rings (SSSR count). The Kier molecular flexibility index (Phi) is 5.11. The van der Waals surface area contributed by atoms with Crippen molar-refractivity contribution in [2.24, 2.45) is 5.92 Å². The van der Waals surface area contributed by atoms with E-state index in [4.69, 9.17) is 9.26 Å². The Morgan fingerprint density at radius 2 is 2.12 bits per heavy atom. The van der Waals surface area contributed by atoms with Crippen LogP contribution < -0.4 is 10.6 Å². The molecule has 2 unspecified atom stereocenters. The zero-order chi connectivity index (χ0) is 18.1. The summed E-state index contributed by atoms with van der Waals surface area (Å²) in [5.74, 6) is 1.52. The number of carbonyl (C=O) groups excluding carboxylic acids is 1. The average Bonchev–Trinajstić information content (AvgIpc) is 3.12. The van der Waals surface area contributed by atoms with Crippen LogP contribution in [0.2, 0.25) is 0 Å². The summed E-state index contributed by atoms with van der Waals surface area (Å²) < 4.78 is 10.5. The number of ether oxygens (including phenoxy) is 1. The van der Waals surface area contributed by atoms with Gasteiger partial charge in [-0.05, 0) is 57.2 Å². The van der Waals surface area contributed by atoms with Crippen molar-refractivity contribution in [1.82, 2.24) is 10.5 Å². The molecule has 1 aliphatic carbocycles. The predicted molar refractivity (Wildman–Crippen MR) is 101 cm³/mol. The second-order valence-corrected chi connectivity index (χ2v) is 8.58. The lowest BCUT2D eigenvalue weighted by molar-refractivity contribution is 0.0662. The molecule has 2 aromatic heterocycles. The summed E-state index contributed by atoms with van der Waals surface area (Å²) in [5.41, 5.74) is 2.05. The smallest absolute Gasteiger partial charge is 0.268 e. The fourth-order valence-corrected chi connectivity index (χ4v) is 4.59. The number of amides is 1. The van der Waals surface area contributed by atoms with E-state index < -0.39 is 0 Å². The fraction of sp³-hybridized carbons (Fsp3) is 0.579. The summed E-state index contributed by atoms with van der Waals surface area (Å²) in [4.78, 5) is 14.4. The van der Waals surface area contributed by atoms with Gasteiger partial charge in [0.15, 0.2) is 0 Å². The monoisotopic (exact) mass is 375 g/mol. The first-order valence-corrected chi connectivity index (χ1v) is 10.1. The van der Waals surface area contributed by atoms with Crippen LogP contribution >= 0.6 is 11.3 Å². The predicted octanol–water partition coefficient (Wildman–Crippen LogP) is 3.48. The van der Waals surface area contributed by atoms with Crippen molar-refractivity contribution in [2.45, 2.75) is 45.1 Å². The minimum atomic E-state index is -0.132. The molecule has 1 saturated carbocycles. The van der Waals surface area contributed by atoms with Gasteiger partial charge in [0.2, 0.25) is 5.88 Å². The van der Waals surface area contributed by atoms with Crippen LogP contribution in [-0.2, 0) is 4.74 Å². The summed E-state index contributed by atoms with van der Waals surface area (Å²) in [7, 11) is 0. The third-order valence-electron chi connectivity index (χ3n) is 5.24. The van der Waals surface area contributed by atoms with Crippen LogP contribution in [-0.4, -0.2) is 36.9 Å². The molecule has 2 atom stereocenters. The van der Waals surface area contributed by atoms with E-state index in [1.807, 2.05) is 13.0 Å². The zero-order valence-corrected chi connectivity index (χ0v) is 16.0. The van der Waals surface area contributed by atoms with Crippen molar-refractivity contribution in [3.05, 3.63) is 33.1 Å². The van der Waals surface area contributed by atoms with Gasteiger partial charge in [-0.25, -0.2) is 0 Å². The Labute approximate surface area is 157 Å². The third kappa shape index (κ3) is 4.00. The highest BCUT2D eigenvalue weighted by molar-refractivity contribution is 7.14. The largest absolute Gasteiger partial charge is 0.381 e. The molecule has 2 fully saturated rings. The molecule has 6 nitrogen and oxygen atoms in total. The Morgan fingerprint density at radius 1 is 1.31 bits per heavy atom. The number of thiophene rings is 1. The molecule has 7 heteroatoms. The number of nitrogens with one attached hydrogen (secondary N) is 2. The maximum atomic E-state index is 12.4. The highest BCUT2D eigenvalue weighted by Crippen LogP contribution is 2.44. The van der Waals surface area contributed by atoms with Gasteiger partial charge in [0, 0.05) is 36.1 Å². The maximum Gasteiger partial charge on any atom is 0.268 e. The average molecular weight is 375 g/mol. The van der Waals surface area contributed by atoms with Gasteiger partial charge in [-0.3, -0.25) is 10.1 Å². The standard InChI is InChI=1S/C19H25N3O3S/c1-11-7-18(25-22-11)21-19(23)17-9-14(12(2)26-17)15-8-16(15)20-10-13-3-5-24-6-4-13/h7,9,13,15-16,20H,3-6,8,10H2,1-2H3,(H,21,23). The highest BCUT2D eigenvalue weighted by atomic mass is 32.1.